The minimum Gasteiger partial charge on any atom is -0.493 e. The van der Waals surface area contributed by atoms with Gasteiger partial charge in [0.1, 0.15) is 11.3 Å². The van der Waals surface area contributed by atoms with E-state index in [1.807, 2.05) is 18.2 Å². The van der Waals surface area contributed by atoms with E-state index in [0.29, 0.717) is 24.5 Å². The number of unbranched alkanes of at least 4 members (excludes halogenated alkanes) is 12. The first kappa shape index (κ1) is 24.5. The van der Waals surface area contributed by atoms with Crippen molar-refractivity contribution in [1.29, 1.82) is 0 Å². The van der Waals surface area contributed by atoms with Gasteiger partial charge in [0.25, 0.3) is 0 Å². The van der Waals surface area contributed by atoms with Crippen molar-refractivity contribution in [3.63, 3.8) is 0 Å². The van der Waals surface area contributed by atoms with Gasteiger partial charge in [0.05, 0.1) is 13.2 Å². The second-order valence-electron chi connectivity index (χ2n) is 7.72. The SMILES string of the molecule is CCCCCCCCCCCCOc1ccccc1C(=O)OCCCCCC. The molecule has 0 aromatic heterocycles. The molecule has 0 bridgehead atoms. The van der Waals surface area contributed by atoms with Crippen molar-refractivity contribution < 1.29 is 14.3 Å². The zero-order chi connectivity index (χ0) is 20.3. The molecule has 0 aliphatic heterocycles. The van der Waals surface area contributed by atoms with Crippen LogP contribution in [0.1, 0.15) is 114 Å². The zero-order valence-electron chi connectivity index (χ0n) is 18.3. The average molecular weight is 391 g/mol. The number of carbonyl (C=O) groups is 1. The fraction of sp³-hybridized carbons (Fsp3) is 0.720. The van der Waals surface area contributed by atoms with E-state index in [9.17, 15) is 4.79 Å². The Labute approximate surface area is 173 Å². The summed E-state index contributed by atoms with van der Waals surface area (Å²) in [6, 6.07) is 7.43. The van der Waals surface area contributed by atoms with E-state index in [2.05, 4.69) is 13.8 Å². The minimum absolute atomic E-state index is 0.268. The lowest BCUT2D eigenvalue weighted by Gasteiger charge is -2.11. The van der Waals surface area contributed by atoms with Crippen LogP contribution in [0.4, 0.5) is 0 Å². The summed E-state index contributed by atoms with van der Waals surface area (Å²) in [7, 11) is 0. The maximum Gasteiger partial charge on any atom is 0.341 e. The Bertz CT molecular complexity index is 498. The Balaban J connectivity index is 2.15. The largest absolute Gasteiger partial charge is 0.493 e. The molecular weight excluding hydrogens is 348 g/mol. The van der Waals surface area contributed by atoms with Crippen molar-refractivity contribution in [2.45, 2.75) is 104 Å². The number of rotatable bonds is 18. The molecule has 0 saturated carbocycles. The van der Waals surface area contributed by atoms with E-state index in [-0.39, 0.29) is 5.97 Å². The van der Waals surface area contributed by atoms with Crippen molar-refractivity contribution in [3.8, 4) is 5.75 Å². The topological polar surface area (TPSA) is 35.5 Å². The average Bonchev–Trinajstić information content (AvgIpc) is 2.72. The number of para-hydroxylation sites is 1. The lowest BCUT2D eigenvalue weighted by Crippen LogP contribution is -2.09. The monoisotopic (exact) mass is 390 g/mol. The lowest BCUT2D eigenvalue weighted by atomic mass is 10.1. The molecule has 0 N–H and O–H groups in total. The molecule has 1 aromatic carbocycles. The van der Waals surface area contributed by atoms with Gasteiger partial charge in [0.15, 0.2) is 0 Å². The highest BCUT2D eigenvalue weighted by Crippen LogP contribution is 2.20. The molecule has 1 aromatic rings. The Morgan fingerprint density at radius 1 is 0.679 bits per heavy atom. The molecule has 0 atom stereocenters. The number of ether oxygens (including phenoxy) is 2. The van der Waals surface area contributed by atoms with Crippen LogP contribution in [0.25, 0.3) is 0 Å². The van der Waals surface area contributed by atoms with E-state index < -0.39 is 0 Å². The molecule has 1 rings (SSSR count). The summed E-state index contributed by atoms with van der Waals surface area (Å²) in [5.74, 6) is 0.382. The van der Waals surface area contributed by atoms with Gasteiger partial charge in [-0.3, -0.25) is 0 Å². The van der Waals surface area contributed by atoms with Crippen LogP contribution in [0.2, 0.25) is 0 Å². The van der Waals surface area contributed by atoms with Crippen LogP contribution in [0.15, 0.2) is 24.3 Å². The molecule has 3 nitrogen and oxygen atoms in total. The molecule has 3 heteroatoms. The van der Waals surface area contributed by atoms with Gasteiger partial charge in [-0.15, -0.1) is 0 Å². The molecule has 0 amide bonds. The number of carbonyl (C=O) groups excluding carboxylic acids is 1. The van der Waals surface area contributed by atoms with Gasteiger partial charge < -0.3 is 9.47 Å². The third kappa shape index (κ3) is 12.0. The fourth-order valence-corrected chi connectivity index (χ4v) is 3.30. The van der Waals surface area contributed by atoms with E-state index in [0.717, 1.165) is 19.3 Å². The maximum atomic E-state index is 12.3. The number of esters is 1. The zero-order valence-corrected chi connectivity index (χ0v) is 18.3. The minimum atomic E-state index is -0.268. The molecule has 0 saturated heterocycles. The third-order valence-electron chi connectivity index (χ3n) is 5.09. The molecule has 0 aliphatic rings. The first-order chi connectivity index (χ1) is 13.8. The molecule has 0 fully saturated rings. The number of hydrogen-bond acceptors (Lipinski definition) is 3. The predicted octanol–water partition coefficient (Wildman–Crippen LogP) is 7.72. The molecule has 0 spiro atoms. The van der Waals surface area contributed by atoms with Crippen LogP contribution in [-0.4, -0.2) is 19.2 Å². The first-order valence-electron chi connectivity index (χ1n) is 11.7. The molecular formula is C25H42O3. The van der Waals surface area contributed by atoms with Crippen molar-refractivity contribution in [2.75, 3.05) is 13.2 Å². The summed E-state index contributed by atoms with van der Waals surface area (Å²) < 4.78 is 11.3. The quantitative estimate of drug-likeness (QED) is 0.190. The highest BCUT2D eigenvalue weighted by atomic mass is 16.5. The van der Waals surface area contributed by atoms with Crippen molar-refractivity contribution in [3.05, 3.63) is 29.8 Å². The van der Waals surface area contributed by atoms with E-state index in [4.69, 9.17) is 9.47 Å². The normalized spacial score (nSPS) is 10.8. The van der Waals surface area contributed by atoms with Crippen LogP contribution in [0.3, 0.4) is 0 Å². The number of benzene rings is 1. The van der Waals surface area contributed by atoms with Crippen molar-refractivity contribution in [2.24, 2.45) is 0 Å². The summed E-state index contributed by atoms with van der Waals surface area (Å²) >= 11 is 0. The van der Waals surface area contributed by atoms with E-state index in [1.54, 1.807) is 6.07 Å². The highest BCUT2D eigenvalue weighted by molar-refractivity contribution is 5.92. The standard InChI is InChI=1S/C25H42O3/c1-3-5-7-9-10-11-12-13-14-18-21-27-24-20-16-15-19-23(24)25(26)28-22-17-8-6-4-2/h15-16,19-20H,3-14,17-18,21-22H2,1-2H3. The fourth-order valence-electron chi connectivity index (χ4n) is 3.30. The van der Waals surface area contributed by atoms with Crippen LogP contribution in [0.5, 0.6) is 5.75 Å². The Hall–Kier alpha value is -1.51. The summed E-state index contributed by atoms with van der Waals surface area (Å²) in [6.45, 7) is 5.59. The predicted molar refractivity (Wildman–Crippen MR) is 118 cm³/mol. The summed E-state index contributed by atoms with van der Waals surface area (Å²) in [5, 5.41) is 0. The maximum absolute atomic E-state index is 12.3. The molecule has 0 aliphatic carbocycles. The van der Waals surface area contributed by atoms with Crippen LogP contribution in [-0.2, 0) is 4.74 Å². The molecule has 0 heterocycles. The van der Waals surface area contributed by atoms with Crippen LogP contribution < -0.4 is 4.74 Å². The lowest BCUT2D eigenvalue weighted by molar-refractivity contribution is 0.0493. The second kappa shape index (κ2) is 17.6. The van der Waals surface area contributed by atoms with E-state index >= 15 is 0 Å². The Morgan fingerprint density at radius 2 is 1.18 bits per heavy atom. The van der Waals surface area contributed by atoms with Gasteiger partial charge in [0.2, 0.25) is 0 Å². The van der Waals surface area contributed by atoms with Gasteiger partial charge >= 0.3 is 5.97 Å². The molecule has 160 valence electrons. The summed E-state index contributed by atoms with van der Waals surface area (Å²) in [4.78, 5) is 12.3. The second-order valence-corrected chi connectivity index (χ2v) is 7.72. The van der Waals surface area contributed by atoms with Gasteiger partial charge in [-0.25, -0.2) is 4.79 Å². The van der Waals surface area contributed by atoms with Crippen molar-refractivity contribution in [1.82, 2.24) is 0 Å². The molecule has 28 heavy (non-hydrogen) atoms. The third-order valence-corrected chi connectivity index (χ3v) is 5.09. The first-order valence-corrected chi connectivity index (χ1v) is 11.7. The molecule has 0 unspecified atom stereocenters. The highest BCUT2D eigenvalue weighted by Gasteiger charge is 2.13. The van der Waals surface area contributed by atoms with Crippen LogP contribution >= 0.6 is 0 Å². The smallest absolute Gasteiger partial charge is 0.341 e. The van der Waals surface area contributed by atoms with Crippen LogP contribution in [0, 0.1) is 0 Å². The van der Waals surface area contributed by atoms with Gasteiger partial charge in [-0.1, -0.05) is 103 Å². The van der Waals surface area contributed by atoms with Gasteiger partial charge in [0, 0.05) is 0 Å². The summed E-state index contributed by atoms with van der Waals surface area (Å²) in [5.41, 5.74) is 0.546. The Kier molecular flexibility index (Phi) is 15.4. The number of hydrogen-bond donors (Lipinski definition) is 0. The molecule has 0 radical (unpaired) electrons. The van der Waals surface area contributed by atoms with Gasteiger partial charge in [-0.2, -0.15) is 0 Å². The van der Waals surface area contributed by atoms with E-state index in [1.165, 1.54) is 70.6 Å². The Morgan fingerprint density at radius 3 is 1.82 bits per heavy atom. The summed E-state index contributed by atoms with van der Waals surface area (Å²) in [6.07, 6.45) is 17.5. The van der Waals surface area contributed by atoms with Crippen molar-refractivity contribution >= 4 is 5.97 Å². The van der Waals surface area contributed by atoms with Gasteiger partial charge in [-0.05, 0) is 25.0 Å².